The van der Waals surface area contributed by atoms with Crippen LogP contribution < -0.4 is 0 Å². The van der Waals surface area contributed by atoms with Crippen LogP contribution in [0.5, 0.6) is 0 Å². The molecule has 0 N–H and O–H groups in total. The number of halogens is 3. The number of ether oxygens (including phenoxy) is 1. The maximum Gasteiger partial charge on any atom is 0.416 e. The number of alkyl halides is 3. The number of nitrogens with zero attached hydrogens (tertiary/aromatic N) is 1. The molecule has 0 aromatic rings. The highest BCUT2D eigenvalue weighted by Crippen LogP contribution is 2.27. The molecule has 5 heteroatoms. The van der Waals surface area contributed by atoms with Crippen LogP contribution in [0.4, 0.5) is 13.2 Å². The second kappa shape index (κ2) is 2.98. The van der Waals surface area contributed by atoms with Gasteiger partial charge in [0.25, 0.3) is 0 Å². The van der Waals surface area contributed by atoms with E-state index in [9.17, 15) is 13.2 Å². The molecule has 1 atom stereocenters. The Bertz CT molecular complexity index is 136. The van der Waals surface area contributed by atoms with Gasteiger partial charge >= 0.3 is 6.18 Å². The van der Waals surface area contributed by atoms with Crippen molar-refractivity contribution in [2.75, 3.05) is 20.2 Å². The van der Waals surface area contributed by atoms with Crippen LogP contribution in [0.15, 0.2) is 0 Å². The number of rotatable bonds is 0. The second-order valence-corrected chi connectivity index (χ2v) is 2.46. The number of hydrogen-bond acceptors (Lipinski definition) is 2. The summed E-state index contributed by atoms with van der Waals surface area (Å²) in [6.45, 7) is 1.70. The van der Waals surface area contributed by atoms with Gasteiger partial charge in [-0.2, -0.15) is 13.2 Å². The van der Waals surface area contributed by atoms with Crippen LogP contribution in [-0.2, 0) is 4.74 Å². The van der Waals surface area contributed by atoms with Gasteiger partial charge in [-0.3, -0.25) is 4.90 Å². The van der Waals surface area contributed by atoms with E-state index in [0.717, 1.165) is 6.54 Å². The minimum atomic E-state index is -4.27. The highest BCUT2D eigenvalue weighted by atomic mass is 19.4. The quantitative estimate of drug-likeness (QED) is 0.536. The van der Waals surface area contributed by atoms with Crippen LogP contribution in [0.3, 0.4) is 0 Å². The summed E-state index contributed by atoms with van der Waals surface area (Å²) in [5.41, 5.74) is 0. The molecule has 2 nitrogen and oxygen atoms in total. The lowest BCUT2D eigenvalue weighted by Gasteiger charge is -2.30. The normalized spacial score (nSPS) is 28.9. The first-order valence-electron chi connectivity index (χ1n) is 3.23. The molecule has 0 bridgehead atoms. The molecule has 1 radical (unpaired) electrons. The Morgan fingerprint density at radius 1 is 1.55 bits per heavy atom. The smallest absolute Gasteiger partial charge is 0.366 e. The first-order chi connectivity index (χ1) is 5.00. The molecule has 1 rings (SSSR count). The standard InChI is InChI=1S/C6H9F3NO/c1-10-2-3-11-5(4-10)6(7,8)9/h4-5H,2-3H2,1H3. The summed E-state index contributed by atoms with van der Waals surface area (Å²) in [6, 6.07) is 0. The Morgan fingerprint density at radius 2 is 2.18 bits per heavy atom. The molecule has 0 aromatic carbocycles. The van der Waals surface area contributed by atoms with Gasteiger partial charge in [0.1, 0.15) is 0 Å². The predicted molar refractivity (Wildman–Crippen MR) is 32.7 cm³/mol. The van der Waals surface area contributed by atoms with Crippen LogP contribution in [-0.4, -0.2) is 37.4 Å². The molecular weight excluding hydrogens is 159 g/mol. The maximum absolute atomic E-state index is 11.9. The highest BCUT2D eigenvalue weighted by molar-refractivity contribution is 4.85. The van der Waals surface area contributed by atoms with E-state index in [-0.39, 0.29) is 6.61 Å². The van der Waals surface area contributed by atoms with Crippen LogP contribution >= 0.6 is 0 Å². The molecule has 1 aliphatic rings. The molecule has 0 aromatic heterocycles. The van der Waals surface area contributed by atoms with Gasteiger partial charge in [0.15, 0.2) is 6.10 Å². The van der Waals surface area contributed by atoms with Crippen molar-refractivity contribution in [3.8, 4) is 0 Å². The monoisotopic (exact) mass is 168 g/mol. The predicted octanol–water partition coefficient (Wildman–Crippen LogP) is 1.04. The Labute approximate surface area is 62.9 Å². The van der Waals surface area contributed by atoms with Crippen molar-refractivity contribution in [1.29, 1.82) is 0 Å². The van der Waals surface area contributed by atoms with E-state index < -0.39 is 12.3 Å². The van der Waals surface area contributed by atoms with E-state index in [2.05, 4.69) is 4.74 Å². The number of hydrogen-bond donors (Lipinski definition) is 0. The molecule has 1 fully saturated rings. The van der Waals surface area contributed by atoms with Crippen molar-refractivity contribution >= 4 is 0 Å². The molecule has 1 unspecified atom stereocenters. The topological polar surface area (TPSA) is 12.5 Å². The fourth-order valence-electron chi connectivity index (χ4n) is 0.851. The third kappa shape index (κ3) is 2.34. The van der Waals surface area contributed by atoms with E-state index in [4.69, 9.17) is 0 Å². The van der Waals surface area contributed by atoms with E-state index in [0.29, 0.717) is 6.54 Å². The molecule has 0 saturated carbocycles. The van der Waals surface area contributed by atoms with Crippen LogP contribution in [0.25, 0.3) is 0 Å². The van der Waals surface area contributed by atoms with Crippen LogP contribution in [0.1, 0.15) is 0 Å². The first kappa shape index (κ1) is 8.80. The molecule has 65 valence electrons. The lowest BCUT2D eigenvalue weighted by Crippen LogP contribution is -2.43. The fraction of sp³-hybridized carbons (Fsp3) is 0.833. The highest BCUT2D eigenvalue weighted by Gasteiger charge is 2.42. The summed E-state index contributed by atoms with van der Waals surface area (Å²) in [5.74, 6) is 0. The van der Waals surface area contributed by atoms with Gasteiger partial charge in [-0.15, -0.1) is 0 Å². The molecule has 0 amide bonds. The minimum absolute atomic E-state index is 0.136. The van der Waals surface area contributed by atoms with Crippen molar-refractivity contribution in [2.45, 2.75) is 12.3 Å². The summed E-state index contributed by atoms with van der Waals surface area (Å²) >= 11 is 0. The van der Waals surface area contributed by atoms with Gasteiger partial charge in [0.2, 0.25) is 0 Å². The average Bonchev–Trinajstić information content (AvgIpc) is 1.86. The minimum Gasteiger partial charge on any atom is -0.366 e. The van der Waals surface area contributed by atoms with Crippen molar-refractivity contribution in [3.63, 3.8) is 0 Å². The van der Waals surface area contributed by atoms with Gasteiger partial charge in [-0.25, -0.2) is 0 Å². The molecule has 1 heterocycles. The molecular formula is C6H9F3NO. The Morgan fingerprint density at radius 3 is 2.55 bits per heavy atom. The molecule has 11 heavy (non-hydrogen) atoms. The van der Waals surface area contributed by atoms with Gasteiger partial charge in [0, 0.05) is 6.54 Å². The van der Waals surface area contributed by atoms with Gasteiger partial charge in [0.05, 0.1) is 13.2 Å². The summed E-state index contributed by atoms with van der Waals surface area (Å²) < 4.78 is 40.3. The molecule has 0 spiro atoms. The Kier molecular flexibility index (Phi) is 2.39. The summed E-state index contributed by atoms with van der Waals surface area (Å²) in [5, 5.41) is 0. The van der Waals surface area contributed by atoms with Crippen molar-refractivity contribution < 1.29 is 17.9 Å². The largest absolute Gasteiger partial charge is 0.416 e. The zero-order chi connectivity index (χ0) is 8.48. The zero-order valence-corrected chi connectivity index (χ0v) is 6.06. The van der Waals surface area contributed by atoms with Crippen molar-refractivity contribution in [2.24, 2.45) is 0 Å². The van der Waals surface area contributed by atoms with Crippen molar-refractivity contribution in [3.05, 3.63) is 6.54 Å². The van der Waals surface area contributed by atoms with E-state index >= 15 is 0 Å². The second-order valence-electron chi connectivity index (χ2n) is 2.46. The van der Waals surface area contributed by atoms with Crippen LogP contribution in [0, 0.1) is 6.54 Å². The lowest BCUT2D eigenvalue weighted by atomic mass is 10.3. The maximum atomic E-state index is 11.9. The number of morpholine rings is 1. The van der Waals surface area contributed by atoms with Gasteiger partial charge < -0.3 is 4.74 Å². The number of likely N-dealkylation sites (N-methyl/N-ethyl adjacent to an activating group) is 1. The summed E-state index contributed by atoms with van der Waals surface area (Å²) in [4.78, 5) is 1.49. The fourth-order valence-corrected chi connectivity index (χ4v) is 0.851. The first-order valence-corrected chi connectivity index (χ1v) is 3.23. The third-order valence-electron chi connectivity index (χ3n) is 1.45. The SMILES string of the molecule is CN1[CH]C(C(F)(F)F)OCC1. The zero-order valence-electron chi connectivity index (χ0n) is 6.06. The Hall–Kier alpha value is -0.290. The van der Waals surface area contributed by atoms with E-state index in [1.54, 1.807) is 7.05 Å². The van der Waals surface area contributed by atoms with Crippen molar-refractivity contribution in [1.82, 2.24) is 4.90 Å². The lowest BCUT2D eigenvalue weighted by molar-refractivity contribution is -0.223. The average molecular weight is 168 g/mol. The summed E-state index contributed by atoms with van der Waals surface area (Å²) in [6.07, 6.45) is -5.99. The van der Waals surface area contributed by atoms with E-state index in [1.807, 2.05) is 0 Å². The third-order valence-corrected chi connectivity index (χ3v) is 1.45. The van der Waals surface area contributed by atoms with Gasteiger partial charge in [-0.05, 0) is 7.05 Å². The Balaban J connectivity index is 2.46. The van der Waals surface area contributed by atoms with E-state index in [1.165, 1.54) is 4.90 Å². The summed E-state index contributed by atoms with van der Waals surface area (Å²) in [7, 11) is 1.60. The molecule has 1 aliphatic heterocycles. The molecule has 0 aliphatic carbocycles. The molecule has 1 saturated heterocycles. The van der Waals surface area contributed by atoms with Gasteiger partial charge in [-0.1, -0.05) is 0 Å². The van der Waals surface area contributed by atoms with Crippen LogP contribution in [0.2, 0.25) is 0 Å².